The molecule has 5 nitrogen and oxygen atoms in total. The molecule has 1 aromatic heterocycles. The fourth-order valence-corrected chi connectivity index (χ4v) is 5.74. The number of rotatable bonds is 3. The third-order valence-electron chi connectivity index (χ3n) is 2.75. The second kappa shape index (κ2) is 4.66. The lowest BCUT2D eigenvalue weighted by Gasteiger charge is -2.13. The summed E-state index contributed by atoms with van der Waals surface area (Å²) in [7, 11) is -2.92. The Morgan fingerprint density at radius 3 is 2.71 bits per heavy atom. The SMILES string of the molecule is O=[N+]([O-])c1ccc(C(Br)C2CCS(=O)(=O)C2)s1. The predicted octanol–water partition coefficient (Wildman–Crippen LogP) is 2.53. The molecule has 0 radical (unpaired) electrons. The maximum absolute atomic E-state index is 11.4. The Hall–Kier alpha value is -0.470. The lowest BCUT2D eigenvalue weighted by atomic mass is 10.0. The molecular weight excluding hydrogens is 330 g/mol. The van der Waals surface area contributed by atoms with Gasteiger partial charge in [-0.25, -0.2) is 8.42 Å². The molecule has 0 spiro atoms. The molecule has 17 heavy (non-hydrogen) atoms. The Labute approximate surface area is 111 Å². The fraction of sp³-hybridized carbons (Fsp3) is 0.556. The maximum atomic E-state index is 11.4. The fourth-order valence-electron chi connectivity index (χ4n) is 1.88. The topological polar surface area (TPSA) is 77.3 Å². The number of nitrogens with zero attached hydrogens (tertiary/aromatic N) is 1. The molecule has 1 aliphatic rings. The van der Waals surface area contributed by atoms with Crippen molar-refractivity contribution in [3.05, 3.63) is 27.1 Å². The zero-order valence-electron chi connectivity index (χ0n) is 8.71. The highest BCUT2D eigenvalue weighted by Gasteiger charge is 2.34. The normalized spacial score (nSPS) is 24.6. The van der Waals surface area contributed by atoms with E-state index in [4.69, 9.17) is 0 Å². The summed E-state index contributed by atoms with van der Waals surface area (Å²) in [4.78, 5) is 10.8. The Kier molecular flexibility index (Phi) is 3.55. The van der Waals surface area contributed by atoms with Gasteiger partial charge in [0.2, 0.25) is 0 Å². The minimum Gasteiger partial charge on any atom is -0.258 e. The number of sulfone groups is 1. The summed E-state index contributed by atoms with van der Waals surface area (Å²) in [6.45, 7) is 0. The molecule has 1 saturated heterocycles. The zero-order chi connectivity index (χ0) is 12.6. The number of nitro groups is 1. The van der Waals surface area contributed by atoms with Gasteiger partial charge in [-0.15, -0.1) is 0 Å². The van der Waals surface area contributed by atoms with E-state index in [1.54, 1.807) is 6.07 Å². The average molecular weight is 340 g/mol. The van der Waals surface area contributed by atoms with Crippen molar-refractivity contribution in [2.75, 3.05) is 11.5 Å². The van der Waals surface area contributed by atoms with Crippen LogP contribution in [0.2, 0.25) is 0 Å². The molecule has 0 aromatic carbocycles. The molecule has 0 amide bonds. The Bertz CT molecular complexity index is 539. The Morgan fingerprint density at radius 2 is 2.24 bits per heavy atom. The third-order valence-corrected chi connectivity index (χ3v) is 7.20. The van der Waals surface area contributed by atoms with Gasteiger partial charge < -0.3 is 0 Å². The van der Waals surface area contributed by atoms with Crippen molar-refractivity contribution in [1.29, 1.82) is 0 Å². The maximum Gasteiger partial charge on any atom is 0.324 e. The number of hydrogen-bond acceptors (Lipinski definition) is 5. The first kappa shape index (κ1) is 13.0. The van der Waals surface area contributed by atoms with Crippen molar-refractivity contribution in [2.45, 2.75) is 11.2 Å². The monoisotopic (exact) mass is 339 g/mol. The van der Waals surface area contributed by atoms with Gasteiger partial charge in [-0.1, -0.05) is 27.3 Å². The third kappa shape index (κ3) is 2.86. The zero-order valence-corrected chi connectivity index (χ0v) is 11.9. The van der Waals surface area contributed by atoms with Crippen molar-refractivity contribution >= 4 is 42.1 Å². The molecule has 2 rings (SSSR count). The van der Waals surface area contributed by atoms with Gasteiger partial charge in [0.05, 0.1) is 21.3 Å². The van der Waals surface area contributed by atoms with Crippen LogP contribution in [-0.4, -0.2) is 24.8 Å². The number of hydrogen-bond donors (Lipinski definition) is 0. The van der Waals surface area contributed by atoms with Crippen molar-refractivity contribution in [2.24, 2.45) is 5.92 Å². The van der Waals surface area contributed by atoms with Crippen LogP contribution in [0.1, 0.15) is 16.1 Å². The molecule has 0 saturated carbocycles. The lowest BCUT2D eigenvalue weighted by molar-refractivity contribution is -0.380. The van der Waals surface area contributed by atoms with E-state index in [0.717, 1.165) is 16.2 Å². The minimum atomic E-state index is -2.92. The van der Waals surface area contributed by atoms with Crippen LogP contribution in [0.3, 0.4) is 0 Å². The highest BCUT2D eigenvalue weighted by Crippen LogP contribution is 2.42. The first-order chi connectivity index (χ1) is 7.89. The summed E-state index contributed by atoms with van der Waals surface area (Å²) in [5, 5.41) is 10.7. The smallest absolute Gasteiger partial charge is 0.258 e. The number of alkyl halides is 1. The van der Waals surface area contributed by atoms with Gasteiger partial charge in [-0.3, -0.25) is 10.1 Å². The largest absolute Gasteiger partial charge is 0.324 e. The van der Waals surface area contributed by atoms with Crippen molar-refractivity contribution in [3.8, 4) is 0 Å². The highest BCUT2D eigenvalue weighted by molar-refractivity contribution is 9.09. The molecule has 2 atom stereocenters. The van der Waals surface area contributed by atoms with E-state index in [-0.39, 0.29) is 27.3 Å². The summed E-state index contributed by atoms with van der Waals surface area (Å²) in [6.07, 6.45) is 0.615. The average Bonchev–Trinajstić information content (AvgIpc) is 2.83. The summed E-state index contributed by atoms with van der Waals surface area (Å²) in [5.41, 5.74) is 0. The van der Waals surface area contributed by atoms with E-state index in [1.165, 1.54) is 6.07 Å². The van der Waals surface area contributed by atoms with E-state index < -0.39 is 14.8 Å². The van der Waals surface area contributed by atoms with Gasteiger partial charge in [-0.05, 0) is 18.4 Å². The Morgan fingerprint density at radius 1 is 1.53 bits per heavy atom. The molecular formula is C9H10BrNO4S2. The molecule has 2 heterocycles. The molecule has 1 aromatic rings. The highest BCUT2D eigenvalue weighted by atomic mass is 79.9. The van der Waals surface area contributed by atoms with Crippen LogP contribution in [0.4, 0.5) is 5.00 Å². The standard InChI is InChI=1S/C9H10BrNO4S2/c10-9(6-3-4-17(14,15)5-6)7-1-2-8(16-7)11(12)13/h1-2,6,9H,3-5H2. The minimum absolute atomic E-state index is 0.0123. The predicted molar refractivity (Wildman–Crippen MR) is 69.4 cm³/mol. The summed E-state index contributed by atoms with van der Waals surface area (Å²) < 4.78 is 22.7. The van der Waals surface area contributed by atoms with Crippen LogP contribution in [-0.2, 0) is 9.84 Å². The first-order valence-corrected chi connectivity index (χ1v) is 8.53. The van der Waals surface area contributed by atoms with E-state index >= 15 is 0 Å². The van der Waals surface area contributed by atoms with Crippen molar-refractivity contribution in [3.63, 3.8) is 0 Å². The van der Waals surface area contributed by atoms with E-state index in [2.05, 4.69) is 15.9 Å². The molecule has 0 N–H and O–H groups in total. The molecule has 1 fully saturated rings. The van der Waals surface area contributed by atoms with E-state index in [0.29, 0.717) is 6.42 Å². The van der Waals surface area contributed by atoms with E-state index in [1.807, 2.05) is 0 Å². The first-order valence-electron chi connectivity index (χ1n) is 4.98. The van der Waals surface area contributed by atoms with Gasteiger partial charge in [0, 0.05) is 10.9 Å². The van der Waals surface area contributed by atoms with Gasteiger partial charge in [0.15, 0.2) is 9.84 Å². The van der Waals surface area contributed by atoms with Crippen LogP contribution in [0.15, 0.2) is 12.1 Å². The summed E-state index contributed by atoms with van der Waals surface area (Å²) in [6, 6.07) is 3.14. The summed E-state index contributed by atoms with van der Waals surface area (Å²) in [5.74, 6) is 0.389. The van der Waals surface area contributed by atoms with Crippen molar-refractivity contribution in [1.82, 2.24) is 0 Å². The van der Waals surface area contributed by atoms with Gasteiger partial charge in [0.25, 0.3) is 0 Å². The van der Waals surface area contributed by atoms with Gasteiger partial charge in [0.1, 0.15) is 0 Å². The summed E-state index contributed by atoms with van der Waals surface area (Å²) >= 11 is 4.55. The van der Waals surface area contributed by atoms with Crippen LogP contribution in [0, 0.1) is 16.0 Å². The molecule has 0 bridgehead atoms. The lowest BCUT2D eigenvalue weighted by Crippen LogP contribution is -2.09. The van der Waals surface area contributed by atoms with Crippen LogP contribution >= 0.6 is 27.3 Å². The van der Waals surface area contributed by atoms with Gasteiger partial charge >= 0.3 is 5.00 Å². The van der Waals surface area contributed by atoms with Crippen LogP contribution in [0.25, 0.3) is 0 Å². The molecule has 94 valence electrons. The second-order valence-corrected chi connectivity index (χ2v) is 8.31. The molecule has 0 aliphatic carbocycles. The second-order valence-electron chi connectivity index (χ2n) is 4.00. The van der Waals surface area contributed by atoms with Crippen LogP contribution in [0.5, 0.6) is 0 Å². The number of halogens is 1. The number of thiophene rings is 1. The van der Waals surface area contributed by atoms with Gasteiger partial charge in [-0.2, -0.15) is 0 Å². The van der Waals surface area contributed by atoms with E-state index in [9.17, 15) is 18.5 Å². The quantitative estimate of drug-likeness (QED) is 0.481. The van der Waals surface area contributed by atoms with Crippen LogP contribution < -0.4 is 0 Å². The van der Waals surface area contributed by atoms with Crippen molar-refractivity contribution < 1.29 is 13.3 Å². The molecule has 1 aliphatic heterocycles. The Balaban J connectivity index is 2.14. The molecule has 2 unspecified atom stereocenters. The molecule has 8 heteroatoms.